The molecule has 7 nitrogen and oxygen atoms in total. The second kappa shape index (κ2) is 9.70. The number of ether oxygens (including phenoxy) is 1. The van der Waals surface area contributed by atoms with Gasteiger partial charge >= 0.3 is 0 Å². The number of halogens is 1. The van der Waals surface area contributed by atoms with Gasteiger partial charge in [0.2, 0.25) is 0 Å². The Kier molecular flexibility index (Phi) is 7.25. The standard InChI is InChI=1S/C21H26ClN5O2S/c1-11(2)24-18-8-15(6-13(4)25-18)21-27-26-20(30-21)14-5-12(3)19(17(22)7-14)29-10-16(23)9-28/h5-8,11,16,28H,9-10,23H2,1-4H3,(H,24,25)/t16-/m1/s1. The van der Waals surface area contributed by atoms with Crippen molar-refractivity contribution in [1.82, 2.24) is 15.2 Å². The van der Waals surface area contributed by atoms with Gasteiger partial charge in [-0.3, -0.25) is 0 Å². The predicted molar refractivity (Wildman–Crippen MR) is 122 cm³/mol. The largest absolute Gasteiger partial charge is 0.490 e. The monoisotopic (exact) mass is 447 g/mol. The molecule has 4 N–H and O–H groups in total. The van der Waals surface area contributed by atoms with Gasteiger partial charge in [0.1, 0.15) is 28.2 Å². The van der Waals surface area contributed by atoms with Crippen molar-refractivity contribution in [3.8, 4) is 26.9 Å². The lowest BCUT2D eigenvalue weighted by molar-refractivity contribution is 0.206. The zero-order chi connectivity index (χ0) is 21.8. The third kappa shape index (κ3) is 5.46. The second-order valence-corrected chi connectivity index (χ2v) is 8.84. The van der Waals surface area contributed by atoms with E-state index in [1.165, 1.54) is 11.3 Å². The molecule has 0 amide bonds. The van der Waals surface area contributed by atoms with Gasteiger partial charge < -0.3 is 20.9 Å². The number of benzene rings is 1. The van der Waals surface area contributed by atoms with Crippen LogP contribution in [0.1, 0.15) is 25.1 Å². The van der Waals surface area contributed by atoms with Crippen molar-refractivity contribution >= 4 is 28.8 Å². The zero-order valence-electron chi connectivity index (χ0n) is 17.4. The molecule has 1 aromatic carbocycles. The quantitative estimate of drug-likeness (QED) is 0.478. The van der Waals surface area contributed by atoms with Gasteiger partial charge in [-0.25, -0.2) is 4.98 Å². The summed E-state index contributed by atoms with van der Waals surface area (Å²) in [5.74, 6) is 1.38. The number of hydrogen-bond donors (Lipinski definition) is 3. The summed E-state index contributed by atoms with van der Waals surface area (Å²) in [5, 5.41) is 23.2. The van der Waals surface area contributed by atoms with Crippen molar-refractivity contribution in [1.29, 1.82) is 0 Å². The first-order chi connectivity index (χ1) is 14.3. The molecule has 0 aliphatic carbocycles. The number of aromatic nitrogens is 3. The Morgan fingerprint density at radius 2 is 1.80 bits per heavy atom. The van der Waals surface area contributed by atoms with Gasteiger partial charge in [0, 0.05) is 22.9 Å². The number of pyridine rings is 1. The molecule has 30 heavy (non-hydrogen) atoms. The van der Waals surface area contributed by atoms with Crippen LogP contribution in [0.5, 0.6) is 5.75 Å². The van der Waals surface area contributed by atoms with E-state index < -0.39 is 6.04 Å². The van der Waals surface area contributed by atoms with Gasteiger partial charge in [-0.2, -0.15) is 0 Å². The van der Waals surface area contributed by atoms with E-state index >= 15 is 0 Å². The molecule has 0 aliphatic rings. The fourth-order valence-electron chi connectivity index (χ4n) is 2.90. The summed E-state index contributed by atoms with van der Waals surface area (Å²) >= 11 is 7.93. The van der Waals surface area contributed by atoms with Gasteiger partial charge in [0.05, 0.1) is 17.7 Å². The minimum absolute atomic E-state index is 0.148. The molecule has 0 bridgehead atoms. The molecule has 3 aromatic rings. The van der Waals surface area contributed by atoms with Crippen LogP contribution in [0, 0.1) is 13.8 Å². The maximum atomic E-state index is 9.06. The van der Waals surface area contributed by atoms with E-state index in [0.29, 0.717) is 10.8 Å². The molecule has 0 radical (unpaired) electrons. The Morgan fingerprint density at radius 3 is 2.40 bits per heavy atom. The number of nitrogens with two attached hydrogens (primary N) is 1. The van der Waals surface area contributed by atoms with Crippen molar-refractivity contribution in [3.05, 3.63) is 40.5 Å². The summed E-state index contributed by atoms with van der Waals surface area (Å²) in [7, 11) is 0. The molecule has 1 atom stereocenters. The first-order valence-electron chi connectivity index (χ1n) is 9.65. The predicted octanol–water partition coefficient (Wildman–Crippen LogP) is 4.06. The molecule has 2 heterocycles. The molecule has 9 heteroatoms. The number of nitrogens with one attached hydrogen (secondary N) is 1. The lowest BCUT2D eigenvalue weighted by Crippen LogP contribution is -2.31. The van der Waals surface area contributed by atoms with Gasteiger partial charge in [0.25, 0.3) is 0 Å². The smallest absolute Gasteiger partial charge is 0.148 e. The van der Waals surface area contributed by atoms with Crippen molar-refractivity contribution in [2.75, 3.05) is 18.5 Å². The molecule has 3 rings (SSSR count). The molecule has 0 unspecified atom stereocenters. The van der Waals surface area contributed by atoms with Gasteiger partial charge in [-0.05, 0) is 57.5 Å². The van der Waals surface area contributed by atoms with E-state index in [1.54, 1.807) is 0 Å². The third-order valence-corrected chi connectivity index (χ3v) is 5.52. The van der Waals surface area contributed by atoms with Crippen LogP contribution in [0.3, 0.4) is 0 Å². The molecular formula is C21H26ClN5O2S. The Labute approximate surface area is 185 Å². The summed E-state index contributed by atoms with van der Waals surface area (Å²) in [6.45, 7) is 8.06. The maximum Gasteiger partial charge on any atom is 0.148 e. The van der Waals surface area contributed by atoms with Crippen LogP contribution in [-0.2, 0) is 0 Å². The topological polar surface area (TPSA) is 106 Å². The highest BCUT2D eigenvalue weighted by molar-refractivity contribution is 7.17. The minimum Gasteiger partial charge on any atom is -0.490 e. The van der Waals surface area contributed by atoms with Crippen LogP contribution in [-0.4, -0.2) is 45.6 Å². The number of hydrogen-bond acceptors (Lipinski definition) is 8. The average Bonchev–Trinajstić information content (AvgIpc) is 3.16. The maximum absolute atomic E-state index is 9.06. The average molecular weight is 448 g/mol. The highest BCUT2D eigenvalue weighted by Gasteiger charge is 2.15. The first-order valence-corrected chi connectivity index (χ1v) is 10.8. The summed E-state index contributed by atoms with van der Waals surface area (Å²) < 4.78 is 5.68. The van der Waals surface area contributed by atoms with Crippen molar-refractivity contribution in [2.24, 2.45) is 5.73 Å². The number of nitrogens with zero attached hydrogens (tertiary/aromatic N) is 3. The van der Waals surface area contributed by atoms with Gasteiger partial charge in [-0.1, -0.05) is 22.9 Å². The Bertz CT molecular complexity index is 1000. The van der Waals surface area contributed by atoms with Crippen LogP contribution in [0.4, 0.5) is 5.82 Å². The summed E-state index contributed by atoms with van der Waals surface area (Å²) in [6, 6.07) is 7.58. The molecule has 0 saturated carbocycles. The van der Waals surface area contributed by atoms with E-state index in [0.717, 1.165) is 38.2 Å². The highest BCUT2D eigenvalue weighted by Crippen LogP contribution is 2.37. The van der Waals surface area contributed by atoms with Crippen LogP contribution in [0.15, 0.2) is 24.3 Å². The number of aryl methyl sites for hydroxylation is 2. The summed E-state index contributed by atoms with van der Waals surface area (Å²) in [4.78, 5) is 4.52. The number of aliphatic hydroxyl groups excluding tert-OH is 1. The lowest BCUT2D eigenvalue weighted by atomic mass is 10.1. The molecular weight excluding hydrogens is 422 g/mol. The Hall–Kier alpha value is -2.26. The summed E-state index contributed by atoms with van der Waals surface area (Å²) in [6.07, 6.45) is 0. The van der Waals surface area contributed by atoms with E-state index in [9.17, 15) is 0 Å². The molecule has 0 aliphatic heterocycles. The number of aliphatic hydroxyl groups is 1. The lowest BCUT2D eigenvalue weighted by Gasteiger charge is -2.14. The molecule has 2 aromatic heterocycles. The van der Waals surface area contributed by atoms with Crippen molar-refractivity contribution in [2.45, 2.75) is 39.8 Å². The molecule has 160 valence electrons. The normalized spacial score (nSPS) is 12.3. The van der Waals surface area contributed by atoms with E-state index in [4.69, 9.17) is 27.2 Å². The summed E-state index contributed by atoms with van der Waals surface area (Å²) in [5.41, 5.74) is 9.31. The van der Waals surface area contributed by atoms with E-state index in [2.05, 4.69) is 34.3 Å². The van der Waals surface area contributed by atoms with Crippen molar-refractivity contribution < 1.29 is 9.84 Å². The molecule has 0 fully saturated rings. The second-order valence-electron chi connectivity index (χ2n) is 7.45. The van der Waals surface area contributed by atoms with E-state index in [1.807, 2.05) is 38.1 Å². The van der Waals surface area contributed by atoms with Crippen LogP contribution >= 0.6 is 22.9 Å². The van der Waals surface area contributed by atoms with Crippen molar-refractivity contribution in [3.63, 3.8) is 0 Å². The first kappa shape index (κ1) is 22.4. The van der Waals surface area contributed by atoms with Gasteiger partial charge in [-0.15, -0.1) is 10.2 Å². The minimum atomic E-state index is -0.454. The van der Waals surface area contributed by atoms with Crippen LogP contribution in [0.2, 0.25) is 5.02 Å². The van der Waals surface area contributed by atoms with Gasteiger partial charge in [0.15, 0.2) is 0 Å². The Balaban J connectivity index is 1.87. The Morgan fingerprint density at radius 1 is 1.13 bits per heavy atom. The fourth-order valence-corrected chi connectivity index (χ4v) is 4.04. The highest BCUT2D eigenvalue weighted by atomic mass is 35.5. The van der Waals surface area contributed by atoms with Crippen LogP contribution in [0.25, 0.3) is 21.1 Å². The number of rotatable bonds is 8. The van der Waals surface area contributed by atoms with Crippen LogP contribution < -0.4 is 15.8 Å². The SMILES string of the molecule is Cc1cc(-c2nnc(-c3cc(C)c(OC[C@H](N)CO)c(Cl)c3)s2)cc(NC(C)C)n1. The number of anilines is 1. The molecule has 0 spiro atoms. The fraction of sp³-hybridized carbons (Fsp3) is 0.381. The molecule has 0 saturated heterocycles. The zero-order valence-corrected chi connectivity index (χ0v) is 19.0. The third-order valence-electron chi connectivity index (χ3n) is 4.21. The van der Waals surface area contributed by atoms with E-state index in [-0.39, 0.29) is 19.3 Å².